The summed E-state index contributed by atoms with van der Waals surface area (Å²) in [4.78, 5) is 47.9. The predicted molar refractivity (Wildman–Crippen MR) is 235 cm³/mol. The number of carbonyl (C=O) groups excluding carboxylic acids is 1. The van der Waals surface area contributed by atoms with Crippen LogP contribution in [0.4, 0.5) is 20.2 Å². The summed E-state index contributed by atoms with van der Waals surface area (Å²) in [6, 6.07) is 28.0. The van der Waals surface area contributed by atoms with Crippen LogP contribution in [0.25, 0.3) is 56.6 Å². The van der Waals surface area contributed by atoms with Crippen molar-refractivity contribution in [3.63, 3.8) is 0 Å². The summed E-state index contributed by atoms with van der Waals surface area (Å²) < 4.78 is 41.7. The highest BCUT2D eigenvalue weighted by Crippen LogP contribution is 2.27. The van der Waals surface area contributed by atoms with E-state index in [-0.39, 0.29) is 58.3 Å². The molecular weight excluding hydrogens is 965 g/mol. The van der Waals surface area contributed by atoms with Gasteiger partial charge >= 0.3 is 5.97 Å². The van der Waals surface area contributed by atoms with Gasteiger partial charge in [0.05, 0.1) is 22.5 Å². The van der Waals surface area contributed by atoms with Crippen molar-refractivity contribution in [2.75, 3.05) is 11.1 Å². The fourth-order valence-corrected chi connectivity index (χ4v) is 6.50. The summed E-state index contributed by atoms with van der Waals surface area (Å²) in [5, 5.41) is 19.8. The summed E-state index contributed by atoms with van der Waals surface area (Å²) in [6.07, 6.45) is 7.02. The highest BCUT2D eigenvalue weighted by Gasteiger charge is 2.19. The molecule has 66 heavy (non-hydrogen) atoms. The van der Waals surface area contributed by atoms with E-state index in [1.807, 2.05) is 66.9 Å². The number of nitrogens with one attached hydrogen (secondary N) is 1. The number of carboxylic acid groups (broad SMARTS) is 1. The van der Waals surface area contributed by atoms with Gasteiger partial charge in [0.2, 0.25) is 11.5 Å². The van der Waals surface area contributed by atoms with E-state index in [0.29, 0.717) is 46.1 Å². The summed E-state index contributed by atoms with van der Waals surface area (Å²) in [5.41, 5.74) is 11.6. The van der Waals surface area contributed by atoms with E-state index in [1.165, 1.54) is 40.9 Å². The van der Waals surface area contributed by atoms with Crippen LogP contribution in [0.2, 0.25) is 0 Å². The maximum absolute atomic E-state index is 14.6. The van der Waals surface area contributed by atoms with Crippen LogP contribution in [-0.2, 0) is 0 Å². The molecule has 1 amide bonds. The molecule has 10 rings (SSSR count). The molecule has 0 bridgehead atoms. The number of benzene rings is 4. The number of oxazole rings is 2. The van der Waals surface area contributed by atoms with Gasteiger partial charge in [0.15, 0.2) is 23.4 Å². The van der Waals surface area contributed by atoms with Crippen molar-refractivity contribution in [1.82, 2.24) is 49.1 Å². The van der Waals surface area contributed by atoms with Crippen molar-refractivity contribution in [3.05, 3.63) is 168 Å². The molecule has 4 N–H and O–H groups in total. The summed E-state index contributed by atoms with van der Waals surface area (Å²) in [6.45, 7) is 6.55. The number of hydrogen-bond donors (Lipinski definition) is 3. The second-order valence-electron chi connectivity index (χ2n) is 14.3. The second-order valence-corrected chi connectivity index (χ2v) is 14.3. The number of carbonyl (C=O) groups is 2. The summed E-state index contributed by atoms with van der Waals surface area (Å²) >= 11 is 0. The molecular formula is C46H36F2IN12O5-. The molecule has 0 unspecified atom stereocenters. The van der Waals surface area contributed by atoms with Gasteiger partial charge in [-0.2, -0.15) is 9.97 Å². The SMILES string of the molecule is Cc1nc(C)c(C(=O)Nc2ccc(F)c(-c3nc4ncc(-c5ccccc5)cn4n3)c2)o1.Cc1nc(C)c(C(=O)O)o1.Nc1ccc(F)c(-c2nc3ncc(-c4ccccc4)cn3n2)c1.[I-]. The third kappa shape index (κ3) is 10.2. The van der Waals surface area contributed by atoms with Crippen LogP contribution >= 0.6 is 0 Å². The zero-order valence-electron chi connectivity index (χ0n) is 35.3. The van der Waals surface area contributed by atoms with Crippen LogP contribution in [0.5, 0.6) is 0 Å². The molecule has 0 radical (unpaired) electrons. The molecule has 0 aliphatic rings. The van der Waals surface area contributed by atoms with E-state index in [2.05, 4.69) is 45.4 Å². The van der Waals surface area contributed by atoms with E-state index < -0.39 is 23.5 Å². The first-order chi connectivity index (χ1) is 31.3. The first-order valence-corrected chi connectivity index (χ1v) is 19.6. The Balaban J connectivity index is 0.000000166. The highest BCUT2D eigenvalue weighted by atomic mass is 127. The Bertz CT molecular complexity index is 3360. The number of amides is 1. The van der Waals surface area contributed by atoms with Crippen LogP contribution in [0.15, 0.2) is 131 Å². The number of fused-ring (bicyclic) bond motifs is 2. The molecule has 17 nitrogen and oxygen atoms in total. The van der Waals surface area contributed by atoms with Gasteiger partial charge in [-0.15, -0.1) is 10.2 Å². The standard InChI is InChI=1S/C23H17FN6O2.C17H12FN5.C6H7NO3.HI/c1-13-20(32-14(2)26-13)22(31)27-17-8-9-19(24)18(10-17)21-28-23-25-11-16(12-30(23)29-21)15-6-4-3-5-7-15;18-15-7-6-13(19)8-14(15)16-21-17-20-9-12(10-23(17)22-16)11-4-2-1-3-5-11;1-3-5(6(8)9)10-4(2)7-3;/h3-12H,1-2H3,(H,27,31);1-10H,19H2;1-2H3,(H,8,9);1H/p-1. The minimum Gasteiger partial charge on any atom is -1.00 e. The Kier molecular flexibility index (Phi) is 13.6. The fourth-order valence-electron chi connectivity index (χ4n) is 6.50. The molecule has 0 spiro atoms. The number of aromatic nitrogens is 10. The van der Waals surface area contributed by atoms with Crippen molar-refractivity contribution in [2.24, 2.45) is 0 Å². The molecule has 0 fully saturated rings. The highest BCUT2D eigenvalue weighted by molar-refractivity contribution is 6.03. The Morgan fingerprint density at radius 1 is 0.621 bits per heavy atom. The number of anilines is 2. The van der Waals surface area contributed by atoms with Gasteiger partial charge in [0.25, 0.3) is 17.5 Å². The molecule has 10 aromatic rings. The Hall–Kier alpha value is -8.27. The molecule has 0 atom stereocenters. The number of aryl methyl sites for hydroxylation is 4. The van der Waals surface area contributed by atoms with Crippen molar-refractivity contribution in [2.45, 2.75) is 27.7 Å². The van der Waals surface area contributed by atoms with E-state index >= 15 is 0 Å². The van der Waals surface area contributed by atoms with Gasteiger partial charge in [-0.25, -0.2) is 42.5 Å². The molecule has 20 heteroatoms. The van der Waals surface area contributed by atoms with Gasteiger partial charge in [-0.05, 0) is 61.4 Å². The van der Waals surface area contributed by atoms with Crippen molar-refractivity contribution >= 4 is 34.8 Å². The Morgan fingerprint density at radius 2 is 1.09 bits per heavy atom. The molecule has 0 aliphatic carbocycles. The minimum absolute atomic E-state index is 0. The number of hydrogen-bond acceptors (Lipinski definition) is 13. The minimum atomic E-state index is -1.07. The number of rotatable bonds is 7. The Labute approximate surface area is 390 Å². The predicted octanol–water partition coefficient (Wildman–Crippen LogP) is 5.63. The molecule has 0 aliphatic heterocycles. The van der Waals surface area contributed by atoms with E-state index in [0.717, 1.165) is 22.3 Å². The van der Waals surface area contributed by atoms with Crippen LogP contribution < -0.4 is 35.0 Å². The van der Waals surface area contributed by atoms with Gasteiger partial charge in [-0.3, -0.25) is 4.79 Å². The normalized spacial score (nSPS) is 10.7. The quantitative estimate of drug-likeness (QED) is 0.130. The zero-order valence-corrected chi connectivity index (χ0v) is 37.5. The average molecular weight is 1000 g/mol. The Morgan fingerprint density at radius 3 is 1.55 bits per heavy atom. The maximum Gasteiger partial charge on any atom is 0.373 e. The first-order valence-electron chi connectivity index (χ1n) is 19.6. The molecule has 4 aromatic carbocycles. The van der Waals surface area contributed by atoms with Crippen LogP contribution in [0, 0.1) is 39.3 Å². The second kappa shape index (κ2) is 19.6. The van der Waals surface area contributed by atoms with E-state index in [4.69, 9.17) is 19.7 Å². The van der Waals surface area contributed by atoms with E-state index in [1.54, 1.807) is 50.8 Å². The zero-order chi connectivity index (χ0) is 45.8. The molecule has 332 valence electrons. The lowest BCUT2D eigenvalue weighted by atomic mass is 10.1. The van der Waals surface area contributed by atoms with Crippen molar-refractivity contribution < 1.29 is 56.3 Å². The topological polar surface area (TPSA) is 231 Å². The number of nitrogens with two attached hydrogens (primary N) is 1. The lowest BCUT2D eigenvalue weighted by Crippen LogP contribution is -3.00. The molecule has 6 heterocycles. The number of aromatic carboxylic acids is 1. The molecule has 0 saturated carbocycles. The van der Waals surface area contributed by atoms with Gasteiger partial charge in [0, 0.05) is 61.1 Å². The fraction of sp³-hybridized carbons (Fsp3) is 0.0870. The third-order valence-corrected chi connectivity index (χ3v) is 9.51. The van der Waals surface area contributed by atoms with Gasteiger partial charge < -0.3 is 49.0 Å². The molecule has 6 aromatic heterocycles. The number of carboxylic acids is 1. The lowest BCUT2D eigenvalue weighted by molar-refractivity contribution is -0.0000378. The van der Waals surface area contributed by atoms with Gasteiger partial charge in [0.1, 0.15) is 11.6 Å². The third-order valence-electron chi connectivity index (χ3n) is 9.51. The van der Waals surface area contributed by atoms with Crippen LogP contribution in [0.1, 0.15) is 44.3 Å². The maximum atomic E-state index is 14.6. The smallest absolute Gasteiger partial charge is 0.373 e. The number of nitrogen functional groups attached to an aromatic ring is 1. The monoisotopic (exact) mass is 1000 g/mol. The summed E-state index contributed by atoms with van der Waals surface area (Å²) in [5.74, 6) is -0.519. The summed E-state index contributed by atoms with van der Waals surface area (Å²) in [7, 11) is 0. The van der Waals surface area contributed by atoms with Gasteiger partial charge in [-0.1, -0.05) is 60.7 Å². The van der Waals surface area contributed by atoms with Crippen molar-refractivity contribution in [3.8, 4) is 45.0 Å². The first kappa shape index (κ1) is 45.7. The van der Waals surface area contributed by atoms with Crippen LogP contribution in [-0.4, -0.2) is 66.1 Å². The number of nitrogens with zero attached hydrogens (tertiary/aromatic N) is 10. The van der Waals surface area contributed by atoms with E-state index in [9.17, 15) is 18.4 Å². The molecule has 0 saturated heterocycles. The van der Waals surface area contributed by atoms with Crippen LogP contribution in [0.3, 0.4) is 0 Å². The largest absolute Gasteiger partial charge is 1.00 e. The average Bonchev–Trinajstić information content (AvgIpc) is 4.10. The van der Waals surface area contributed by atoms with Crippen molar-refractivity contribution in [1.29, 1.82) is 0 Å². The lowest BCUT2D eigenvalue weighted by Gasteiger charge is -2.06. The number of halogens is 3.